The molecule has 0 aliphatic heterocycles. The zero-order valence-corrected chi connectivity index (χ0v) is 12.9. The van der Waals surface area contributed by atoms with Gasteiger partial charge >= 0.3 is 0 Å². The third-order valence-electron chi connectivity index (χ3n) is 2.91. The molecule has 0 radical (unpaired) electrons. The largest absolute Gasteiger partial charge is 0.488 e. The van der Waals surface area contributed by atoms with Crippen molar-refractivity contribution in [2.45, 2.75) is 19.6 Å². The van der Waals surface area contributed by atoms with Gasteiger partial charge in [0.05, 0.1) is 17.7 Å². The summed E-state index contributed by atoms with van der Waals surface area (Å²) in [5.74, 6) is 0.0415. The van der Waals surface area contributed by atoms with Crippen molar-refractivity contribution >= 4 is 15.9 Å². The van der Waals surface area contributed by atoms with E-state index in [-0.39, 0.29) is 12.2 Å². The van der Waals surface area contributed by atoms with Crippen LogP contribution in [0.15, 0.2) is 40.9 Å². The Bertz CT molecular complexity index is 695. The minimum Gasteiger partial charge on any atom is -0.488 e. The second-order valence-corrected chi connectivity index (χ2v) is 5.52. The fraction of sp³-hybridized carbons (Fsp3) is 0.188. The lowest BCUT2D eigenvalue weighted by Gasteiger charge is -2.14. The zero-order chi connectivity index (χ0) is 15.4. The maximum absolute atomic E-state index is 13.4. The van der Waals surface area contributed by atoms with Crippen molar-refractivity contribution in [1.82, 2.24) is 0 Å². The molecule has 2 aromatic rings. The summed E-state index contributed by atoms with van der Waals surface area (Å²) >= 11 is 3.34. The van der Waals surface area contributed by atoms with Crippen molar-refractivity contribution in [3.8, 4) is 11.8 Å². The van der Waals surface area contributed by atoms with Gasteiger partial charge in [0.2, 0.25) is 0 Å². The number of aliphatic hydroxyl groups is 1. The Hall–Kier alpha value is -1.90. The molecular weight excluding hydrogens is 337 g/mol. The Balaban J connectivity index is 2.22. The predicted octanol–water partition coefficient (Wildman–Crippen LogP) is 4.09. The second kappa shape index (κ2) is 6.70. The van der Waals surface area contributed by atoms with E-state index in [1.807, 2.05) is 12.1 Å². The van der Waals surface area contributed by atoms with Gasteiger partial charge in [0.15, 0.2) is 0 Å². The summed E-state index contributed by atoms with van der Waals surface area (Å²) < 4.78 is 19.8. The summed E-state index contributed by atoms with van der Waals surface area (Å²) in [6.45, 7) is 1.76. The Morgan fingerprint density at radius 1 is 1.33 bits per heavy atom. The van der Waals surface area contributed by atoms with Gasteiger partial charge in [-0.3, -0.25) is 0 Å². The van der Waals surface area contributed by atoms with E-state index in [1.165, 1.54) is 12.1 Å². The van der Waals surface area contributed by atoms with E-state index in [1.54, 1.807) is 25.1 Å². The van der Waals surface area contributed by atoms with Gasteiger partial charge in [-0.25, -0.2) is 4.39 Å². The molecule has 0 aliphatic rings. The van der Waals surface area contributed by atoms with E-state index in [4.69, 9.17) is 10.00 Å². The lowest BCUT2D eigenvalue weighted by molar-refractivity contribution is 0.190. The molecule has 0 aromatic heterocycles. The van der Waals surface area contributed by atoms with Crippen LogP contribution >= 0.6 is 15.9 Å². The highest BCUT2D eigenvalue weighted by atomic mass is 79.9. The molecule has 1 N–H and O–H groups in total. The third kappa shape index (κ3) is 4.03. The van der Waals surface area contributed by atoms with E-state index in [0.717, 1.165) is 4.47 Å². The number of hydrogen-bond donors (Lipinski definition) is 1. The summed E-state index contributed by atoms with van der Waals surface area (Å²) in [7, 11) is 0. The molecule has 1 atom stereocenters. The molecule has 0 saturated heterocycles. The van der Waals surface area contributed by atoms with Gasteiger partial charge in [0.25, 0.3) is 0 Å². The first kappa shape index (κ1) is 15.5. The Labute approximate surface area is 130 Å². The lowest BCUT2D eigenvalue weighted by atomic mass is 10.1. The van der Waals surface area contributed by atoms with Gasteiger partial charge < -0.3 is 9.84 Å². The first-order valence-electron chi connectivity index (χ1n) is 6.29. The van der Waals surface area contributed by atoms with Crippen molar-refractivity contribution in [2.24, 2.45) is 0 Å². The van der Waals surface area contributed by atoms with Crippen molar-refractivity contribution in [3.63, 3.8) is 0 Å². The minimum atomic E-state index is -0.671. The minimum absolute atomic E-state index is 0.114. The Morgan fingerprint density at radius 2 is 2.10 bits per heavy atom. The SMILES string of the molecule is C[C@H](O)c1ccc(Br)cc1OCc1cc(F)cc(C#N)c1. The highest BCUT2D eigenvalue weighted by Gasteiger charge is 2.10. The quantitative estimate of drug-likeness (QED) is 0.904. The molecular formula is C16H13BrFNO2. The first-order valence-corrected chi connectivity index (χ1v) is 7.09. The van der Waals surface area contributed by atoms with Crippen molar-refractivity contribution in [3.05, 3.63) is 63.4 Å². The molecule has 5 heteroatoms. The molecule has 0 unspecified atom stereocenters. The van der Waals surface area contributed by atoms with Gasteiger partial charge in [-0.2, -0.15) is 5.26 Å². The number of rotatable bonds is 4. The number of benzene rings is 2. The fourth-order valence-electron chi connectivity index (χ4n) is 1.94. The van der Waals surface area contributed by atoms with Crippen molar-refractivity contribution in [2.75, 3.05) is 0 Å². The summed E-state index contributed by atoms with van der Waals surface area (Å²) in [6, 6.07) is 11.3. The van der Waals surface area contributed by atoms with Crippen LogP contribution in [0.4, 0.5) is 4.39 Å². The van der Waals surface area contributed by atoms with Crippen LogP contribution in [-0.2, 0) is 6.61 Å². The Kier molecular flexibility index (Phi) is 4.94. The van der Waals surface area contributed by atoms with E-state index >= 15 is 0 Å². The molecule has 3 nitrogen and oxygen atoms in total. The smallest absolute Gasteiger partial charge is 0.126 e. The standard InChI is InChI=1S/C16H13BrFNO2/c1-10(20)15-3-2-13(17)7-16(15)21-9-12-4-11(8-19)5-14(18)6-12/h2-7,10,20H,9H2,1H3/t10-/m0/s1. The van der Waals surface area contributed by atoms with Gasteiger partial charge in [0, 0.05) is 10.0 Å². The van der Waals surface area contributed by atoms with Crippen molar-refractivity contribution < 1.29 is 14.2 Å². The normalized spacial score (nSPS) is 11.8. The van der Waals surface area contributed by atoms with Crippen LogP contribution in [-0.4, -0.2) is 5.11 Å². The molecule has 2 aromatic carbocycles. The summed E-state index contributed by atoms with van der Waals surface area (Å²) in [4.78, 5) is 0. The fourth-order valence-corrected chi connectivity index (χ4v) is 2.28. The molecule has 0 spiro atoms. The predicted molar refractivity (Wildman–Crippen MR) is 80.2 cm³/mol. The zero-order valence-electron chi connectivity index (χ0n) is 11.3. The first-order chi connectivity index (χ1) is 9.99. The highest BCUT2D eigenvalue weighted by Crippen LogP contribution is 2.29. The van der Waals surface area contributed by atoms with Crippen LogP contribution in [0.25, 0.3) is 0 Å². The number of nitrogens with zero attached hydrogens (tertiary/aromatic N) is 1. The van der Waals surface area contributed by atoms with Crippen LogP contribution in [0.1, 0.15) is 29.7 Å². The van der Waals surface area contributed by atoms with E-state index < -0.39 is 11.9 Å². The molecule has 2 rings (SSSR count). The molecule has 0 amide bonds. The van der Waals surface area contributed by atoms with Crippen LogP contribution in [0.5, 0.6) is 5.75 Å². The number of nitriles is 1. The average molecular weight is 350 g/mol. The van der Waals surface area contributed by atoms with Crippen LogP contribution in [0.2, 0.25) is 0 Å². The van der Waals surface area contributed by atoms with Crippen LogP contribution in [0.3, 0.4) is 0 Å². The topological polar surface area (TPSA) is 53.2 Å². The van der Waals surface area contributed by atoms with E-state index in [2.05, 4.69) is 15.9 Å². The number of aliphatic hydroxyl groups excluding tert-OH is 1. The molecule has 108 valence electrons. The number of halogens is 2. The van der Waals surface area contributed by atoms with Gasteiger partial charge in [-0.15, -0.1) is 0 Å². The summed E-state index contributed by atoms with van der Waals surface area (Å²) in [5, 5.41) is 18.5. The van der Waals surface area contributed by atoms with Crippen LogP contribution in [0, 0.1) is 17.1 Å². The van der Waals surface area contributed by atoms with E-state index in [9.17, 15) is 9.50 Å². The van der Waals surface area contributed by atoms with Gasteiger partial charge in [0.1, 0.15) is 18.2 Å². The average Bonchev–Trinajstić information content (AvgIpc) is 2.44. The molecule has 0 fully saturated rings. The van der Waals surface area contributed by atoms with E-state index in [0.29, 0.717) is 16.9 Å². The van der Waals surface area contributed by atoms with Gasteiger partial charge in [-0.1, -0.05) is 22.0 Å². The second-order valence-electron chi connectivity index (χ2n) is 4.61. The monoisotopic (exact) mass is 349 g/mol. The highest BCUT2D eigenvalue weighted by molar-refractivity contribution is 9.10. The summed E-state index contributed by atoms with van der Waals surface area (Å²) in [6.07, 6.45) is -0.671. The Morgan fingerprint density at radius 3 is 2.76 bits per heavy atom. The van der Waals surface area contributed by atoms with Crippen molar-refractivity contribution in [1.29, 1.82) is 5.26 Å². The maximum atomic E-state index is 13.4. The lowest BCUT2D eigenvalue weighted by Crippen LogP contribution is -2.02. The molecule has 0 saturated carbocycles. The molecule has 0 bridgehead atoms. The van der Waals surface area contributed by atoms with Gasteiger partial charge in [-0.05, 0) is 42.8 Å². The summed E-state index contributed by atoms with van der Waals surface area (Å²) in [5.41, 5.74) is 1.46. The number of hydrogen-bond acceptors (Lipinski definition) is 3. The molecule has 21 heavy (non-hydrogen) atoms. The molecule has 0 aliphatic carbocycles. The molecule has 0 heterocycles. The third-order valence-corrected chi connectivity index (χ3v) is 3.40. The van der Waals surface area contributed by atoms with Crippen LogP contribution < -0.4 is 4.74 Å². The maximum Gasteiger partial charge on any atom is 0.126 e. The number of ether oxygens (including phenoxy) is 1.